The quantitative estimate of drug-likeness (QED) is 0.155. The number of carbonyl (C=O) groups excluding carboxylic acids is 5. The molecule has 0 spiro atoms. The highest BCUT2D eigenvalue weighted by molar-refractivity contribution is 7.91. The highest BCUT2D eigenvalue weighted by atomic mass is 32.2. The molecule has 2 heterocycles. The van der Waals surface area contributed by atoms with E-state index in [9.17, 15) is 32.4 Å². The molecule has 1 aliphatic heterocycles. The van der Waals surface area contributed by atoms with Gasteiger partial charge in [-0.2, -0.15) is 4.31 Å². The van der Waals surface area contributed by atoms with E-state index < -0.39 is 74.6 Å². The van der Waals surface area contributed by atoms with Gasteiger partial charge in [-0.25, -0.2) is 18.2 Å². The van der Waals surface area contributed by atoms with Crippen LogP contribution in [0.2, 0.25) is 0 Å². The number of likely N-dealkylation sites (tertiary alicyclic amines) is 1. The summed E-state index contributed by atoms with van der Waals surface area (Å²) in [6.07, 6.45) is 3.63. The first-order valence-corrected chi connectivity index (χ1v) is 20.6. The molecule has 1 unspecified atom stereocenters. The normalized spacial score (nSPS) is 22.6. The number of piperidine rings is 1. The zero-order valence-electron chi connectivity index (χ0n) is 33.1. The van der Waals surface area contributed by atoms with Crippen LogP contribution >= 0.6 is 11.3 Å². The van der Waals surface area contributed by atoms with Gasteiger partial charge in [-0.15, -0.1) is 17.9 Å². The van der Waals surface area contributed by atoms with Gasteiger partial charge in [0.05, 0.1) is 16.7 Å². The topological polar surface area (TPSA) is 187 Å². The third kappa shape index (κ3) is 9.48. The third-order valence-corrected chi connectivity index (χ3v) is 14.5. The second kappa shape index (κ2) is 15.4. The van der Waals surface area contributed by atoms with Crippen molar-refractivity contribution < 1.29 is 32.4 Å². The lowest BCUT2D eigenvalue weighted by Crippen LogP contribution is -2.62. The van der Waals surface area contributed by atoms with Gasteiger partial charge in [0.1, 0.15) is 12.1 Å². The standard InChI is InChI=1S/C37H59N7O7S2/c1-13-16-38-31(47)28(45)24(17-22-14-15-22)40-30(46)27-26-23(37(26,10)11)18-44(27)32(48)29(36(7,8)9)42-34(49)41-25(35(4,5)6)19-43(12)53(50,51)33-20(2)39-21(3)52-33/h13,22-27,29H,1,14-19H2,2-12H3,(H,38,47)(H,40,46)(H2,41,42,49)/t23-,24?,25+,26-,27-,29+/m0/s1. The zero-order valence-corrected chi connectivity index (χ0v) is 34.7. The molecule has 6 atom stereocenters. The lowest BCUT2D eigenvalue weighted by Gasteiger charge is -2.39. The second-order valence-corrected chi connectivity index (χ2v) is 21.2. The Morgan fingerprint density at radius 3 is 2.17 bits per heavy atom. The average molecular weight is 778 g/mol. The second-order valence-electron chi connectivity index (χ2n) is 17.7. The van der Waals surface area contributed by atoms with Gasteiger partial charge in [-0.1, -0.05) is 74.3 Å². The highest BCUT2D eigenvalue weighted by Crippen LogP contribution is 2.65. The number of hydrogen-bond donors (Lipinski definition) is 4. The number of urea groups is 1. The Kier molecular flexibility index (Phi) is 12.3. The van der Waals surface area contributed by atoms with Gasteiger partial charge >= 0.3 is 6.03 Å². The van der Waals surface area contributed by atoms with E-state index >= 15 is 0 Å². The lowest BCUT2D eigenvalue weighted by atomic mass is 9.85. The number of nitrogens with one attached hydrogen (secondary N) is 4. The van der Waals surface area contributed by atoms with E-state index in [1.54, 1.807) is 13.8 Å². The van der Waals surface area contributed by atoms with Crippen molar-refractivity contribution in [1.29, 1.82) is 0 Å². The van der Waals surface area contributed by atoms with Crippen LogP contribution in [-0.4, -0.2) is 103 Å². The van der Waals surface area contributed by atoms with E-state index in [2.05, 4.69) is 32.8 Å². The van der Waals surface area contributed by atoms with Crippen LogP contribution in [0.5, 0.6) is 0 Å². The molecule has 5 amide bonds. The maximum atomic E-state index is 14.5. The number of amides is 5. The number of hydrogen-bond acceptors (Lipinski definition) is 9. The Hall–Kier alpha value is -3.37. The van der Waals surface area contributed by atoms with Crippen molar-refractivity contribution in [2.45, 2.75) is 117 Å². The summed E-state index contributed by atoms with van der Waals surface area (Å²) in [5.41, 5.74) is -1.17. The predicted octanol–water partition coefficient (Wildman–Crippen LogP) is 3.15. The SMILES string of the molecule is C=CCNC(=O)C(=O)C(CC1CC1)NC(=O)[C@@H]1[C@@H]2[C@H](CN1C(=O)[C@@H](NC(=O)N[C@H](CN(C)S(=O)(=O)c1sc(C)nc1C)C(C)(C)C)C(C)(C)C)C2(C)C. The number of aryl methyl sites for hydroxylation is 2. The molecule has 3 aliphatic rings. The smallest absolute Gasteiger partial charge is 0.315 e. The lowest BCUT2D eigenvalue weighted by molar-refractivity contribution is -0.145. The number of sulfonamides is 1. The Morgan fingerprint density at radius 2 is 1.66 bits per heavy atom. The summed E-state index contributed by atoms with van der Waals surface area (Å²) in [5, 5.41) is 11.8. The third-order valence-electron chi connectivity index (χ3n) is 11.0. The molecule has 53 heavy (non-hydrogen) atoms. The van der Waals surface area contributed by atoms with E-state index in [1.165, 1.54) is 22.3 Å². The van der Waals surface area contributed by atoms with E-state index in [1.807, 2.05) is 55.4 Å². The van der Waals surface area contributed by atoms with Gasteiger partial charge in [0.15, 0.2) is 4.21 Å². The first-order valence-electron chi connectivity index (χ1n) is 18.3. The number of Topliss-reactive ketones (excluding diaryl/α,β-unsaturated/α-hetero) is 1. The van der Waals surface area contributed by atoms with Gasteiger partial charge < -0.3 is 26.2 Å². The Labute approximate surface area is 318 Å². The maximum absolute atomic E-state index is 14.5. The summed E-state index contributed by atoms with van der Waals surface area (Å²) in [4.78, 5) is 74.0. The van der Waals surface area contributed by atoms with E-state index in [0.29, 0.717) is 23.7 Å². The van der Waals surface area contributed by atoms with Crippen molar-refractivity contribution >= 4 is 50.9 Å². The van der Waals surface area contributed by atoms with Crippen LogP contribution in [0.25, 0.3) is 0 Å². The van der Waals surface area contributed by atoms with Crippen LogP contribution in [0.4, 0.5) is 4.79 Å². The molecule has 3 fully saturated rings. The van der Waals surface area contributed by atoms with Crippen LogP contribution in [0.1, 0.15) is 85.4 Å². The minimum Gasteiger partial charge on any atom is -0.346 e. The Bertz CT molecular complexity index is 1720. The molecule has 296 valence electrons. The summed E-state index contributed by atoms with van der Waals surface area (Å²) >= 11 is 1.09. The molecule has 1 aromatic heterocycles. The minimum absolute atomic E-state index is 0.0387. The van der Waals surface area contributed by atoms with Crippen LogP contribution in [0, 0.1) is 47.8 Å². The van der Waals surface area contributed by atoms with Crippen LogP contribution in [0.3, 0.4) is 0 Å². The summed E-state index contributed by atoms with van der Waals surface area (Å²) in [5.74, 6) is -2.35. The number of nitrogens with zero attached hydrogens (tertiary/aromatic N) is 3. The van der Waals surface area contributed by atoms with Crippen LogP contribution < -0.4 is 21.3 Å². The van der Waals surface area contributed by atoms with Crippen molar-refractivity contribution in [3.63, 3.8) is 0 Å². The van der Waals surface area contributed by atoms with Crippen LogP contribution in [-0.2, 0) is 29.2 Å². The number of fused-ring (bicyclic) bond motifs is 1. The van der Waals surface area contributed by atoms with E-state index in [0.717, 1.165) is 24.2 Å². The van der Waals surface area contributed by atoms with Gasteiger partial charge in [0.25, 0.3) is 15.9 Å². The van der Waals surface area contributed by atoms with Gasteiger partial charge in [0, 0.05) is 32.7 Å². The van der Waals surface area contributed by atoms with Crippen molar-refractivity contribution in [2.75, 3.05) is 26.7 Å². The molecule has 2 aliphatic carbocycles. The molecule has 1 saturated heterocycles. The van der Waals surface area contributed by atoms with E-state index in [4.69, 9.17) is 0 Å². The number of ketones is 1. The number of thiazole rings is 1. The van der Waals surface area contributed by atoms with Gasteiger partial charge in [0.2, 0.25) is 17.6 Å². The number of rotatable bonds is 15. The zero-order chi connectivity index (χ0) is 40.0. The number of likely N-dealkylation sites (N-methyl/N-ethyl adjacent to an activating group) is 1. The van der Waals surface area contributed by atoms with Crippen LogP contribution in [0.15, 0.2) is 16.9 Å². The largest absolute Gasteiger partial charge is 0.346 e. The summed E-state index contributed by atoms with van der Waals surface area (Å²) in [7, 11) is -2.43. The maximum Gasteiger partial charge on any atom is 0.315 e. The molecule has 0 aromatic carbocycles. The molecule has 0 radical (unpaired) electrons. The Morgan fingerprint density at radius 1 is 1.04 bits per heavy atom. The monoisotopic (exact) mass is 777 g/mol. The first-order chi connectivity index (χ1) is 24.3. The molecule has 14 nitrogen and oxygen atoms in total. The number of carbonyl (C=O) groups is 5. The summed E-state index contributed by atoms with van der Waals surface area (Å²) in [6.45, 7) is 22.6. The van der Waals surface area contributed by atoms with Crippen molar-refractivity contribution in [1.82, 2.24) is 35.5 Å². The Balaban J connectivity index is 1.53. The molecule has 1 aromatic rings. The predicted molar refractivity (Wildman–Crippen MR) is 203 cm³/mol. The molecule has 2 saturated carbocycles. The van der Waals surface area contributed by atoms with Crippen molar-refractivity contribution in [2.24, 2.45) is 34.0 Å². The fourth-order valence-corrected chi connectivity index (χ4v) is 10.2. The minimum atomic E-state index is -3.89. The number of aromatic nitrogens is 1. The van der Waals surface area contributed by atoms with Crippen molar-refractivity contribution in [3.8, 4) is 0 Å². The molecular formula is C37H59N7O7S2. The summed E-state index contributed by atoms with van der Waals surface area (Å²) < 4.78 is 28.4. The molecule has 16 heteroatoms. The molecule has 4 rings (SSSR count). The molecule has 4 N–H and O–H groups in total. The fourth-order valence-electron chi connectivity index (χ4n) is 7.33. The first kappa shape index (κ1) is 42.4. The fraction of sp³-hybridized carbons (Fsp3) is 0.730. The molecule has 0 bridgehead atoms. The van der Waals surface area contributed by atoms with Gasteiger partial charge in [-0.05, 0) is 54.3 Å². The van der Waals surface area contributed by atoms with Gasteiger partial charge in [-0.3, -0.25) is 19.2 Å². The highest BCUT2D eigenvalue weighted by Gasteiger charge is 2.70. The summed E-state index contributed by atoms with van der Waals surface area (Å²) in [6, 6.07) is -4.30. The molecular weight excluding hydrogens is 719 g/mol. The van der Waals surface area contributed by atoms with E-state index in [-0.39, 0.29) is 40.5 Å². The average Bonchev–Trinajstić information content (AvgIpc) is 3.83. The van der Waals surface area contributed by atoms with Crippen molar-refractivity contribution in [3.05, 3.63) is 23.4 Å².